The Balaban J connectivity index is 2.08. The van der Waals surface area contributed by atoms with Gasteiger partial charge < -0.3 is 10.6 Å². The fraction of sp³-hybridized carbons (Fsp3) is 0.875. The van der Waals surface area contributed by atoms with Gasteiger partial charge in [0, 0.05) is 26.2 Å². The smallest absolute Gasteiger partial charge is 0.225 e. The van der Waals surface area contributed by atoms with Gasteiger partial charge in [-0.05, 0) is 6.92 Å². The van der Waals surface area contributed by atoms with Crippen LogP contribution in [-0.4, -0.2) is 46.3 Å². The molecule has 0 saturated carbocycles. The van der Waals surface area contributed by atoms with E-state index in [0.29, 0.717) is 19.6 Å². The van der Waals surface area contributed by atoms with Crippen LogP contribution in [-0.2, 0) is 14.8 Å². The molecule has 0 aromatic rings. The molecule has 7 heteroatoms. The van der Waals surface area contributed by atoms with Crippen LogP contribution in [0.15, 0.2) is 0 Å². The molecule has 1 rings (SSSR count). The van der Waals surface area contributed by atoms with Gasteiger partial charge in [-0.25, -0.2) is 13.1 Å². The number of hydrogen-bond acceptors (Lipinski definition) is 4. The van der Waals surface area contributed by atoms with Crippen LogP contribution in [0.5, 0.6) is 0 Å². The van der Waals surface area contributed by atoms with Crippen LogP contribution < -0.4 is 15.4 Å². The van der Waals surface area contributed by atoms with E-state index in [0.717, 1.165) is 0 Å². The summed E-state index contributed by atoms with van der Waals surface area (Å²) in [4.78, 5) is 11.3. The van der Waals surface area contributed by atoms with Crippen LogP contribution in [0.1, 0.15) is 6.92 Å². The highest BCUT2D eigenvalue weighted by Crippen LogP contribution is 2.01. The average molecular weight is 235 g/mol. The Labute approximate surface area is 89.9 Å². The Morgan fingerprint density at radius 2 is 2.07 bits per heavy atom. The Kier molecular flexibility index (Phi) is 4.49. The zero-order valence-electron chi connectivity index (χ0n) is 8.75. The molecule has 0 bridgehead atoms. The summed E-state index contributed by atoms with van der Waals surface area (Å²) in [6, 6.07) is 0. The minimum atomic E-state index is -3.14. The van der Waals surface area contributed by atoms with Crippen molar-refractivity contribution in [1.29, 1.82) is 0 Å². The van der Waals surface area contributed by atoms with E-state index in [1.54, 1.807) is 6.92 Å². The molecule has 1 fully saturated rings. The lowest BCUT2D eigenvalue weighted by Gasteiger charge is -2.25. The summed E-state index contributed by atoms with van der Waals surface area (Å²) >= 11 is 0. The molecule has 1 aliphatic rings. The van der Waals surface area contributed by atoms with E-state index in [1.165, 1.54) is 0 Å². The zero-order chi connectivity index (χ0) is 11.3. The van der Waals surface area contributed by atoms with E-state index in [4.69, 9.17) is 0 Å². The summed E-state index contributed by atoms with van der Waals surface area (Å²) < 4.78 is 24.4. The number of nitrogens with one attached hydrogen (secondary N) is 3. The second-order valence-corrected chi connectivity index (χ2v) is 5.54. The zero-order valence-corrected chi connectivity index (χ0v) is 9.56. The maximum absolute atomic E-state index is 11.3. The molecule has 88 valence electrons. The lowest BCUT2D eigenvalue weighted by molar-refractivity contribution is -0.126. The molecule has 0 aliphatic carbocycles. The van der Waals surface area contributed by atoms with Gasteiger partial charge in [-0.1, -0.05) is 0 Å². The molecule has 1 heterocycles. The molecular formula is C8H17N3O3S. The van der Waals surface area contributed by atoms with Crippen molar-refractivity contribution in [3.63, 3.8) is 0 Å². The van der Waals surface area contributed by atoms with Gasteiger partial charge in [-0.15, -0.1) is 0 Å². The predicted octanol–water partition coefficient (Wildman–Crippen LogP) is -1.74. The van der Waals surface area contributed by atoms with E-state index < -0.39 is 10.0 Å². The van der Waals surface area contributed by atoms with Gasteiger partial charge in [0.15, 0.2) is 0 Å². The molecule has 3 N–H and O–H groups in total. The first-order valence-corrected chi connectivity index (χ1v) is 6.66. The molecule has 0 aromatic heterocycles. The predicted molar refractivity (Wildman–Crippen MR) is 56.8 cm³/mol. The number of sulfonamides is 1. The van der Waals surface area contributed by atoms with Crippen molar-refractivity contribution in [2.75, 3.05) is 31.9 Å². The first kappa shape index (κ1) is 12.4. The van der Waals surface area contributed by atoms with Crippen LogP contribution in [0.4, 0.5) is 0 Å². The van der Waals surface area contributed by atoms with Crippen molar-refractivity contribution in [1.82, 2.24) is 15.4 Å². The van der Waals surface area contributed by atoms with Crippen molar-refractivity contribution in [3.05, 3.63) is 0 Å². The number of carbonyl (C=O) groups is 1. The summed E-state index contributed by atoms with van der Waals surface area (Å²) in [5.41, 5.74) is 0. The number of rotatable bonds is 6. The molecule has 1 saturated heterocycles. The number of carbonyl (C=O) groups excluding carboxylic acids is 1. The average Bonchev–Trinajstić information content (AvgIpc) is 2.10. The molecule has 6 nitrogen and oxygen atoms in total. The Morgan fingerprint density at radius 1 is 1.40 bits per heavy atom. The van der Waals surface area contributed by atoms with Crippen molar-refractivity contribution in [2.24, 2.45) is 5.92 Å². The Morgan fingerprint density at radius 3 is 2.53 bits per heavy atom. The van der Waals surface area contributed by atoms with Crippen LogP contribution in [0, 0.1) is 5.92 Å². The highest BCUT2D eigenvalue weighted by molar-refractivity contribution is 7.89. The van der Waals surface area contributed by atoms with Crippen molar-refractivity contribution >= 4 is 15.9 Å². The molecular weight excluding hydrogens is 218 g/mol. The Hall–Kier alpha value is -0.660. The summed E-state index contributed by atoms with van der Waals surface area (Å²) in [6.07, 6.45) is 0. The number of amides is 1. The molecule has 0 spiro atoms. The fourth-order valence-electron chi connectivity index (χ4n) is 1.11. The molecule has 1 amide bonds. The second-order valence-electron chi connectivity index (χ2n) is 3.44. The largest absolute Gasteiger partial charge is 0.354 e. The summed E-state index contributed by atoms with van der Waals surface area (Å²) in [5.74, 6) is 0.102. The monoisotopic (exact) mass is 235 g/mol. The molecule has 15 heavy (non-hydrogen) atoms. The normalized spacial score (nSPS) is 17.1. The Bertz CT molecular complexity index is 311. The van der Waals surface area contributed by atoms with Crippen LogP contribution in [0.2, 0.25) is 0 Å². The third kappa shape index (κ3) is 4.15. The standard InChI is InChI=1S/C8H17N3O3S/c1-2-15(13,14)11-4-3-10-8(12)7-5-9-6-7/h7,9,11H,2-6H2,1H3,(H,10,12). The second kappa shape index (κ2) is 5.43. The minimum Gasteiger partial charge on any atom is -0.354 e. The quantitative estimate of drug-likeness (QED) is 0.477. The van der Waals surface area contributed by atoms with E-state index in [-0.39, 0.29) is 24.1 Å². The van der Waals surface area contributed by atoms with Gasteiger partial charge in [0.05, 0.1) is 11.7 Å². The van der Waals surface area contributed by atoms with Crippen molar-refractivity contribution < 1.29 is 13.2 Å². The van der Waals surface area contributed by atoms with E-state index >= 15 is 0 Å². The molecule has 0 aromatic carbocycles. The van der Waals surface area contributed by atoms with Gasteiger partial charge >= 0.3 is 0 Å². The van der Waals surface area contributed by atoms with Gasteiger partial charge in [-0.3, -0.25) is 4.79 Å². The molecule has 0 unspecified atom stereocenters. The first-order chi connectivity index (χ1) is 7.05. The first-order valence-electron chi connectivity index (χ1n) is 5.01. The maximum atomic E-state index is 11.3. The van der Waals surface area contributed by atoms with E-state index in [1.807, 2.05) is 0 Å². The SMILES string of the molecule is CCS(=O)(=O)NCCNC(=O)C1CNC1. The maximum Gasteiger partial charge on any atom is 0.225 e. The van der Waals surface area contributed by atoms with Gasteiger partial charge in [0.2, 0.25) is 15.9 Å². The topological polar surface area (TPSA) is 87.3 Å². The van der Waals surface area contributed by atoms with Crippen LogP contribution in [0.25, 0.3) is 0 Å². The van der Waals surface area contributed by atoms with Gasteiger partial charge in [0.25, 0.3) is 0 Å². The summed E-state index contributed by atoms with van der Waals surface area (Å²) in [6.45, 7) is 3.59. The highest BCUT2D eigenvalue weighted by atomic mass is 32.2. The fourth-order valence-corrected chi connectivity index (χ4v) is 1.73. The highest BCUT2D eigenvalue weighted by Gasteiger charge is 2.24. The third-order valence-corrected chi connectivity index (χ3v) is 3.68. The van der Waals surface area contributed by atoms with Crippen LogP contribution >= 0.6 is 0 Å². The minimum absolute atomic E-state index is 0.00977. The lowest BCUT2D eigenvalue weighted by Crippen LogP contribution is -2.51. The third-order valence-electron chi connectivity index (χ3n) is 2.28. The summed E-state index contributed by atoms with van der Waals surface area (Å²) in [7, 11) is -3.14. The van der Waals surface area contributed by atoms with Gasteiger partial charge in [0.1, 0.15) is 0 Å². The van der Waals surface area contributed by atoms with E-state index in [9.17, 15) is 13.2 Å². The summed E-state index contributed by atoms with van der Waals surface area (Å²) in [5, 5.41) is 5.67. The lowest BCUT2D eigenvalue weighted by atomic mass is 10.0. The van der Waals surface area contributed by atoms with Crippen LogP contribution in [0.3, 0.4) is 0 Å². The molecule has 0 atom stereocenters. The molecule has 1 aliphatic heterocycles. The van der Waals surface area contributed by atoms with Crippen molar-refractivity contribution in [3.8, 4) is 0 Å². The number of hydrogen-bond donors (Lipinski definition) is 3. The van der Waals surface area contributed by atoms with E-state index in [2.05, 4.69) is 15.4 Å². The van der Waals surface area contributed by atoms with Crippen molar-refractivity contribution in [2.45, 2.75) is 6.92 Å². The van der Waals surface area contributed by atoms with Gasteiger partial charge in [-0.2, -0.15) is 0 Å². The molecule has 0 radical (unpaired) electrons.